The molecule has 0 saturated carbocycles. The van der Waals surface area contributed by atoms with Crippen LogP contribution in [0.15, 0.2) is 48.5 Å². The third kappa shape index (κ3) is 4.21. The number of carbonyl (C=O) groups excluding carboxylic acids is 1. The Bertz CT molecular complexity index is 1000. The summed E-state index contributed by atoms with van der Waals surface area (Å²) in [5.74, 6) is 1.85. The van der Waals surface area contributed by atoms with E-state index in [0.717, 1.165) is 16.9 Å². The van der Waals surface area contributed by atoms with Crippen LogP contribution in [0.4, 0.5) is 0 Å². The Morgan fingerprint density at radius 2 is 1.93 bits per heavy atom. The number of likely N-dealkylation sites (N-methyl/N-ethyl adjacent to an activating group) is 1. The number of amides is 1. The lowest BCUT2D eigenvalue weighted by Gasteiger charge is -2.30. The van der Waals surface area contributed by atoms with E-state index >= 15 is 0 Å². The van der Waals surface area contributed by atoms with Gasteiger partial charge in [0.1, 0.15) is 13.2 Å². The van der Waals surface area contributed by atoms with Crippen molar-refractivity contribution in [3.05, 3.63) is 54.1 Å². The summed E-state index contributed by atoms with van der Waals surface area (Å²) in [4.78, 5) is 15.8. The van der Waals surface area contributed by atoms with Crippen LogP contribution < -0.4 is 9.47 Å². The second-order valence-electron chi connectivity index (χ2n) is 6.89. The summed E-state index contributed by atoms with van der Waals surface area (Å²) in [5, 5.41) is 12.5. The van der Waals surface area contributed by atoms with E-state index in [1.54, 1.807) is 4.90 Å². The van der Waals surface area contributed by atoms with Gasteiger partial charge in [-0.05, 0) is 36.8 Å². The molecule has 8 nitrogen and oxygen atoms in total. The first-order chi connectivity index (χ1) is 14.1. The predicted octanol–water partition coefficient (Wildman–Crippen LogP) is 2.34. The number of tetrazole rings is 1. The third-order valence-electron chi connectivity index (χ3n) is 4.84. The summed E-state index contributed by atoms with van der Waals surface area (Å²) in [5.41, 5.74) is 1.97. The molecule has 1 aromatic heterocycles. The number of benzene rings is 2. The minimum absolute atomic E-state index is 0.0247. The molecule has 0 spiro atoms. The number of hydrogen-bond acceptors (Lipinski definition) is 6. The van der Waals surface area contributed by atoms with Crippen molar-refractivity contribution >= 4 is 5.91 Å². The molecule has 2 heterocycles. The van der Waals surface area contributed by atoms with Crippen molar-refractivity contribution in [3.8, 4) is 22.9 Å². The van der Waals surface area contributed by atoms with E-state index in [4.69, 9.17) is 9.47 Å². The van der Waals surface area contributed by atoms with Crippen LogP contribution in [-0.4, -0.2) is 56.8 Å². The van der Waals surface area contributed by atoms with Crippen LogP contribution in [0.5, 0.6) is 11.5 Å². The van der Waals surface area contributed by atoms with Crippen molar-refractivity contribution in [2.24, 2.45) is 0 Å². The topological polar surface area (TPSA) is 82.4 Å². The van der Waals surface area contributed by atoms with Crippen molar-refractivity contribution in [3.63, 3.8) is 0 Å². The Hall–Kier alpha value is -3.42. The highest BCUT2D eigenvalue weighted by molar-refractivity contribution is 5.75. The first kappa shape index (κ1) is 18.9. The molecule has 1 aliphatic heterocycles. The van der Waals surface area contributed by atoms with Crippen LogP contribution in [0.1, 0.15) is 12.5 Å². The fourth-order valence-electron chi connectivity index (χ4n) is 3.27. The van der Waals surface area contributed by atoms with Crippen molar-refractivity contribution in [1.82, 2.24) is 25.1 Å². The van der Waals surface area contributed by atoms with Crippen molar-refractivity contribution in [1.29, 1.82) is 0 Å². The molecule has 8 heteroatoms. The van der Waals surface area contributed by atoms with E-state index in [-0.39, 0.29) is 18.6 Å². The number of rotatable bonds is 6. The lowest BCUT2D eigenvalue weighted by molar-refractivity contribution is -0.133. The number of ether oxygens (including phenoxy) is 2. The quantitative estimate of drug-likeness (QED) is 0.639. The van der Waals surface area contributed by atoms with Gasteiger partial charge in [-0.2, -0.15) is 4.80 Å². The summed E-state index contributed by atoms with van der Waals surface area (Å²) < 4.78 is 11.7. The van der Waals surface area contributed by atoms with Crippen molar-refractivity contribution < 1.29 is 14.3 Å². The van der Waals surface area contributed by atoms with Gasteiger partial charge in [0, 0.05) is 12.1 Å². The zero-order chi connectivity index (χ0) is 20.2. The van der Waals surface area contributed by atoms with Gasteiger partial charge < -0.3 is 14.4 Å². The molecule has 4 rings (SSSR count). The molecule has 1 aliphatic rings. The first-order valence-electron chi connectivity index (χ1n) is 9.64. The van der Waals surface area contributed by atoms with Crippen LogP contribution >= 0.6 is 0 Å². The number of carbonyl (C=O) groups is 1. The van der Waals surface area contributed by atoms with E-state index in [2.05, 4.69) is 15.4 Å². The maximum atomic E-state index is 12.8. The molecular formula is C21H23N5O3. The standard InChI is InChI=1S/C21H23N5O3/c1-3-25(12-16-14-28-18-10-6-7-11-19(18)29-16)20(27)13-26-23-21(22-24-26)17-9-5-4-8-15(17)2/h4-11,16H,3,12-14H2,1-2H3/t16-/m0/s1. The number of aryl methyl sites for hydroxylation is 1. The highest BCUT2D eigenvalue weighted by Crippen LogP contribution is 2.31. The van der Waals surface area contributed by atoms with E-state index in [9.17, 15) is 4.79 Å². The third-order valence-corrected chi connectivity index (χ3v) is 4.84. The summed E-state index contributed by atoms with van der Waals surface area (Å²) in [6.07, 6.45) is -0.222. The highest BCUT2D eigenvalue weighted by atomic mass is 16.6. The maximum Gasteiger partial charge on any atom is 0.246 e. The number of fused-ring (bicyclic) bond motifs is 1. The average Bonchev–Trinajstić information content (AvgIpc) is 3.20. The van der Waals surface area contributed by atoms with Gasteiger partial charge in [0.25, 0.3) is 0 Å². The minimum atomic E-state index is -0.222. The van der Waals surface area contributed by atoms with E-state index in [1.807, 2.05) is 62.4 Å². The molecule has 3 aromatic rings. The number of para-hydroxylation sites is 2. The summed E-state index contributed by atoms with van der Waals surface area (Å²) in [7, 11) is 0. The SMILES string of the molecule is CCN(C[C@H]1COc2ccccc2O1)C(=O)Cn1nnc(-c2ccccc2C)n1. The summed E-state index contributed by atoms with van der Waals surface area (Å²) in [6, 6.07) is 15.4. The Balaban J connectivity index is 1.39. The van der Waals surface area contributed by atoms with Gasteiger partial charge in [-0.25, -0.2) is 0 Å². The fourth-order valence-corrected chi connectivity index (χ4v) is 3.27. The molecule has 0 unspecified atom stereocenters. The van der Waals surface area contributed by atoms with E-state index in [1.165, 1.54) is 4.80 Å². The molecule has 0 N–H and O–H groups in total. The molecule has 1 amide bonds. The molecule has 0 saturated heterocycles. The second kappa shape index (κ2) is 8.30. The Kier molecular flexibility index (Phi) is 5.41. The van der Waals surface area contributed by atoms with Gasteiger partial charge in [-0.3, -0.25) is 4.79 Å². The monoisotopic (exact) mass is 393 g/mol. The van der Waals surface area contributed by atoms with Crippen LogP contribution in [0.2, 0.25) is 0 Å². The maximum absolute atomic E-state index is 12.8. The Morgan fingerprint density at radius 3 is 2.72 bits per heavy atom. The molecule has 1 atom stereocenters. The molecule has 0 bridgehead atoms. The average molecular weight is 393 g/mol. The Labute approximate surface area is 169 Å². The fraction of sp³-hybridized carbons (Fsp3) is 0.333. The minimum Gasteiger partial charge on any atom is -0.486 e. The van der Waals surface area contributed by atoms with Crippen LogP contribution in [0, 0.1) is 6.92 Å². The molecular weight excluding hydrogens is 370 g/mol. The van der Waals surface area contributed by atoms with Gasteiger partial charge in [0.05, 0.1) is 6.54 Å². The zero-order valence-corrected chi connectivity index (χ0v) is 16.5. The second-order valence-corrected chi connectivity index (χ2v) is 6.89. The van der Waals surface area contributed by atoms with Crippen molar-refractivity contribution in [2.75, 3.05) is 19.7 Å². The van der Waals surface area contributed by atoms with E-state index < -0.39 is 0 Å². The predicted molar refractivity (Wildman–Crippen MR) is 107 cm³/mol. The molecule has 29 heavy (non-hydrogen) atoms. The molecule has 0 aliphatic carbocycles. The molecule has 0 radical (unpaired) electrons. The molecule has 2 aromatic carbocycles. The Morgan fingerprint density at radius 1 is 1.17 bits per heavy atom. The smallest absolute Gasteiger partial charge is 0.246 e. The van der Waals surface area contributed by atoms with Gasteiger partial charge in [0.15, 0.2) is 17.6 Å². The number of hydrogen-bond donors (Lipinski definition) is 0. The first-order valence-corrected chi connectivity index (χ1v) is 9.64. The molecule has 150 valence electrons. The van der Waals surface area contributed by atoms with Crippen LogP contribution in [0.3, 0.4) is 0 Å². The lowest BCUT2D eigenvalue weighted by atomic mass is 10.1. The van der Waals surface area contributed by atoms with Gasteiger partial charge in [0.2, 0.25) is 11.7 Å². The number of aromatic nitrogens is 4. The van der Waals surface area contributed by atoms with Crippen molar-refractivity contribution in [2.45, 2.75) is 26.5 Å². The van der Waals surface area contributed by atoms with E-state index in [0.29, 0.717) is 31.3 Å². The van der Waals surface area contributed by atoms with Gasteiger partial charge >= 0.3 is 0 Å². The number of nitrogens with zero attached hydrogens (tertiary/aromatic N) is 5. The highest BCUT2D eigenvalue weighted by Gasteiger charge is 2.25. The summed E-state index contributed by atoms with van der Waals surface area (Å²) in [6.45, 7) is 5.34. The van der Waals surface area contributed by atoms with Crippen LogP contribution in [-0.2, 0) is 11.3 Å². The lowest BCUT2D eigenvalue weighted by Crippen LogP contribution is -2.44. The van der Waals surface area contributed by atoms with Gasteiger partial charge in [-0.15, -0.1) is 10.2 Å². The zero-order valence-electron chi connectivity index (χ0n) is 16.5. The molecule has 0 fully saturated rings. The van der Waals surface area contributed by atoms with Crippen LogP contribution in [0.25, 0.3) is 11.4 Å². The largest absolute Gasteiger partial charge is 0.486 e. The summed E-state index contributed by atoms with van der Waals surface area (Å²) >= 11 is 0. The normalized spacial score (nSPS) is 15.2. The van der Waals surface area contributed by atoms with Gasteiger partial charge in [-0.1, -0.05) is 36.4 Å².